The van der Waals surface area contributed by atoms with Crippen LogP contribution in [0.5, 0.6) is 11.5 Å². The van der Waals surface area contributed by atoms with E-state index in [9.17, 15) is 19.2 Å². The first-order chi connectivity index (χ1) is 17.0. The lowest BCUT2D eigenvalue weighted by molar-refractivity contribution is -0.227. The van der Waals surface area contributed by atoms with E-state index in [1.54, 1.807) is 18.2 Å². The molecule has 0 aromatic heterocycles. The van der Waals surface area contributed by atoms with E-state index in [0.717, 1.165) is 32.1 Å². The lowest BCUT2D eigenvalue weighted by Crippen LogP contribution is -2.54. The highest BCUT2D eigenvalue weighted by Crippen LogP contribution is 2.41. The van der Waals surface area contributed by atoms with Crippen molar-refractivity contribution in [2.45, 2.75) is 84.2 Å². The number of hydrogen-bond donors (Lipinski definition) is 0. The van der Waals surface area contributed by atoms with Gasteiger partial charge in [0.2, 0.25) is 0 Å². The number of carbonyl (C=O) groups is 4. The lowest BCUT2D eigenvalue weighted by atomic mass is 9.76. The molecule has 0 bridgehead atoms. The van der Waals surface area contributed by atoms with Crippen LogP contribution in [0.3, 0.4) is 0 Å². The third-order valence-corrected chi connectivity index (χ3v) is 6.52. The number of rotatable bonds is 7. The fourth-order valence-electron chi connectivity index (χ4n) is 4.77. The molecule has 198 valence electrons. The Labute approximate surface area is 210 Å². The average molecular weight is 507 g/mol. The standard InChI is InChI=1S/C26H34O10/c1-15(27)33-21-14-32-22(24(35-17(3)29)23(21)34-16(2)28)19-13-18(9-10-20(19)31-5)36-25(30)26(4)11-7-6-8-12-26/h9-10,13,21-24H,6-8,11-12,14H2,1-5H3/t21-,22+,23+,24+/m1/s1. The van der Waals surface area contributed by atoms with Crippen LogP contribution < -0.4 is 9.47 Å². The molecule has 0 amide bonds. The van der Waals surface area contributed by atoms with Crippen LogP contribution in [0, 0.1) is 5.41 Å². The molecule has 2 aliphatic rings. The summed E-state index contributed by atoms with van der Waals surface area (Å²) in [5, 5.41) is 0. The predicted octanol–water partition coefficient (Wildman–Crippen LogP) is 3.44. The summed E-state index contributed by atoms with van der Waals surface area (Å²) in [5.74, 6) is -1.56. The van der Waals surface area contributed by atoms with E-state index in [1.165, 1.54) is 27.9 Å². The molecule has 0 spiro atoms. The number of esters is 4. The molecule has 10 heteroatoms. The largest absolute Gasteiger partial charge is 0.496 e. The molecule has 0 radical (unpaired) electrons. The minimum Gasteiger partial charge on any atom is -0.496 e. The summed E-state index contributed by atoms with van der Waals surface area (Å²) in [4.78, 5) is 48.5. The lowest BCUT2D eigenvalue weighted by Gasteiger charge is -2.41. The quantitative estimate of drug-likeness (QED) is 0.309. The molecule has 36 heavy (non-hydrogen) atoms. The molecular weight excluding hydrogens is 472 g/mol. The maximum atomic E-state index is 13.0. The van der Waals surface area contributed by atoms with E-state index in [-0.39, 0.29) is 18.3 Å². The second-order valence-corrected chi connectivity index (χ2v) is 9.46. The minimum atomic E-state index is -1.17. The van der Waals surface area contributed by atoms with Gasteiger partial charge in [-0.3, -0.25) is 19.2 Å². The minimum absolute atomic E-state index is 0.134. The van der Waals surface area contributed by atoms with E-state index < -0.39 is 47.7 Å². The first kappa shape index (κ1) is 27.4. The maximum absolute atomic E-state index is 13.0. The number of benzene rings is 1. The van der Waals surface area contributed by atoms with E-state index in [2.05, 4.69) is 0 Å². The Morgan fingerprint density at radius 3 is 2.08 bits per heavy atom. The molecule has 2 fully saturated rings. The van der Waals surface area contributed by atoms with Gasteiger partial charge < -0.3 is 28.4 Å². The second kappa shape index (κ2) is 11.7. The summed E-state index contributed by atoms with van der Waals surface area (Å²) in [6.45, 7) is 5.40. The smallest absolute Gasteiger partial charge is 0.317 e. The van der Waals surface area contributed by atoms with Crippen molar-refractivity contribution in [1.82, 2.24) is 0 Å². The number of ether oxygens (including phenoxy) is 6. The van der Waals surface area contributed by atoms with Gasteiger partial charge in [0, 0.05) is 26.3 Å². The topological polar surface area (TPSA) is 124 Å². The summed E-state index contributed by atoms with van der Waals surface area (Å²) in [5.41, 5.74) is -0.140. The van der Waals surface area contributed by atoms with E-state index >= 15 is 0 Å². The van der Waals surface area contributed by atoms with Crippen LogP contribution in [-0.2, 0) is 38.1 Å². The van der Waals surface area contributed by atoms with Crippen molar-refractivity contribution < 1.29 is 47.6 Å². The van der Waals surface area contributed by atoms with Crippen molar-refractivity contribution in [1.29, 1.82) is 0 Å². The summed E-state index contributed by atoms with van der Waals surface area (Å²) in [6, 6.07) is 4.82. The van der Waals surface area contributed by atoms with Crippen molar-refractivity contribution in [3.8, 4) is 11.5 Å². The van der Waals surface area contributed by atoms with Gasteiger partial charge in [0.25, 0.3) is 0 Å². The zero-order valence-electron chi connectivity index (χ0n) is 21.4. The average Bonchev–Trinajstić information content (AvgIpc) is 2.81. The molecule has 1 aliphatic carbocycles. The van der Waals surface area contributed by atoms with Gasteiger partial charge in [0.1, 0.15) is 17.6 Å². The molecule has 1 saturated carbocycles. The second-order valence-electron chi connectivity index (χ2n) is 9.46. The zero-order valence-corrected chi connectivity index (χ0v) is 21.4. The molecule has 4 atom stereocenters. The van der Waals surface area contributed by atoms with Crippen molar-refractivity contribution in [3.63, 3.8) is 0 Å². The third-order valence-electron chi connectivity index (χ3n) is 6.52. The molecule has 3 rings (SSSR count). The summed E-state index contributed by atoms with van der Waals surface area (Å²) >= 11 is 0. The van der Waals surface area contributed by atoms with Crippen molar-refractivity contribution >= 4 is 23.9 Å². The van der Waals surface area contributed by atoms with Crippen LogP contribution in [0.25, 0.3) is 0 Å². The van der Waals surface area contributed by atoms with Crippen LogP contribution >= 0.6 is 0 Å². The van der Waals surface area contributed by atoms with Gasteiger partial charge in [-0.15, -0.1) is 0 Å². The van der Waals surface area contributed by atoms with Crippen molar-refractivity contribution in [3.05, 3.63) is 23.8 Å². The Balaban J connectivity index is 1.96. The molecule has 10 nitrogen and oxygen atoms in total. The Morgan fingerprint density at radius 1 is 0.889 bits per heavy atom. The Hall–Kier alpha value is -3.14. The molecule has 1 aliphatic heterocycles. The maximum Gasteiger partial charge on any atom is 0.317 e. The van der Waals surface area contributed by atoms with E-state index in [1.807, 2.05) is 6.92 Å². The Kier molecular flexibility index (Phi) is 8.94. The number of hydrogen-bond acceptors (Lipinski definition) is 10. The third kappa shape index (κ3) is 6.54. The fourth-order valence-corrected chi connectivity index (χ4v) is 4.77. The summed E-state index contributed by atoms with van der Waals surface area (Å²) in [7, 11) is 1.46. The molecule has 0 N–H and O–H groups in total. The fraction of sp³-hybridized carbons (Fsp3) is 0.615. The van der Waals surface area contributed by atoms with E-state index in [4.69, 9.17) is 28.4 Å². The zero-order chi connectivity index (χ0) is 26.5. The van der Waals surface area contributed by atoms with Gasteiger partial charge in [-0.05, 0) is 38.0 Å². The Bertz CT molecular complexity index is 981. The van der Waals surface area contributed by atoms with E-state index in [0.29, 0.717) is 11.3 Å². The first-order valence-corrected chi connectivity index (χ1v) is 12.1. The molecule has 1 saturated heterocycles. The van der Waals surface area contributed by atoms with Crippen LogP contribution in [0.15, 0.2) is 18.2 Å². The van der Waals surface area contributed by atoms with Crippen LogP contribution in [0.2, 0.25) is 0 Å². The number of methoxy groups -OCH3 is 1. The van der Waals surface area contributed by atoms with Crippen molar-refractivity contribution in [2.75, 3.05) is 13.7 Å². The van der Waals surface area contributed by atoms with Gasteiger partial charge in [0.15, 0.2) is 18.3 Å². The highest BCUT2D eigenvalue weighted by Gasteiger charge is 2.48. The van der Waals surface area contributed by atoms with Crippen LogP contribution in [0.1, 0.15) is 71.5 Å². The monoisotopic (exact) mass is 506 g/mol. The molecule has 1 aromatic rings. The highest BCUT2D eigenvalue weighted by molar-refractivity contribution is 5.79. The highest BCUT2D eigenvalue weighted by atomic mass is 16.6. The van der Waals surface area contributed by atoms with Gasteiger partial charge in [-0.1, -0.05) is 19.3 Å². The Morgan fingerprint density at radius 2 is 1.50 bits per heavy atom. The summed E-state index contributed by atoms with van der Waals surface area (Å²) in [6.07, 6.45) is 0.304. The molecular formula is C26H34O10. The van der Waals surface area contributed by atoms with Crippen molar-refractivity contribution in [2.24, 2.45) is 5.41 Å². The normalized spacial score (nSPS) is 25.2. The van der Waals surface area contributed by atoms with Gasteiger partial charge in [-0.2, -0.15) is 0 Å². The number of carbonyl (C=O) groups excluding carboxylic acids is 4. The SMILES string of the molecule is COc1ccc(OC(=O)C2(C)CCCCC2)cc1[C@@H]1OC[C@@H](OC(C)=O)[C@H](OC(C)=O)[C@H]1OC(C)=O. The van der Waals surface area contributed by atoms with Crippen LogP contribution in [-0.4, -0.2) is 55.9 Å². The summed E-state index contributed by atoms with van der Waals surface area (Å²) < 4.78 is 33.5. The first-order valence-electron chi connectivity index (χ1n) is 12.1. The van der Waals surface area contributed by atoms with Gasteiger partial charge in [0.05, 0.1) is 19.1 Å². The van der Waals surface area contributed by atoms with Gasteiger partial charge >= 0.3 is 23.9 Å². The van der Waals surface area contributed by atoms with Crippen LogP contribution in [0.4, 0.5) is 0 Å². The molecule has 0 unspecified atom stereocenters. The molecule has 1 aromatic carbocycles. The predicted molar refractivity (Wildman–Crippen MR) is 125 cm³/mol. The molecule has 1 heterocycles. The van der Waals surface area contributed by atoms with Gasteiger partial charge in [-0.25, -0.2) is 0 Å².